The third kappa shape index (κ3) is 8.73. The number of nitriles is 1. The van der Waals surface area contributed by atoms with Crippen LogP contribution in [0.3, 0.4) is 0 Å². The number of hydrogen-bond acceptors (Lipinski definition) is 9. The number of imide groups is 1. The van der Waals surface area contributed by atoms with E-state index in [0.29, 0.717) is 40.4 Å². The lowest BCUT2D eigenvalue weighted by atomic mass is 9.92. The van der Waals surface area contributed by atoms with Crippen molar-refractivity contribution in [3.8, 4) is 11.8 Å². The summed E-state index contributed by atoms with van der Waals surface area (Å²) in [6.07, 6.45) is 15.4. The molecular formula is C41H47Cl2N9O4. The number of hydrogen-bond donors (Lipinski definition) is 2. The van der Waals surface area contributed by atoms with E-state index in [1.807, 2.05) is 18.3 Å². The van der Waals surface area contributed by atoms with Gasteiger partial charge in [-0.1, -0.05) is 11.6 Å². The van der Waals surface area contributed by atoms with E-state index in [9.17, 15) is 14.4 Å². The number of nitrogens with one attached hydrogen (secondary N) is 2. The van der Waals surface area contributed by atoms with Crippen LogP contribution in [-0.4, -0.2) is 88.7 Å². The van der Waals surface area contributed by atoms with E-state index in [1.54, 1.807) is 35.5 Å². The lowest BCUT2D eigenvalue weighted by Crippen LogP contribution is -2.49. The van der Waals surface area contributed by atoms with E-state index in [2.05, 4.69) is 53.3 Å². The van der Waals surface area contributed by atoms with Gasteiger partial charge < -0.3 is 24.4 Å². The fourth-order valence-electron chi connectivity index (χ4n) is 8.63. The molecule has 6 heterocycles. The quantitative estimate of drug-likeness (QED) is 0.194. The summed E-state index contributed by atoms with van der Waals surface area (Å²) in [4.78, 5) is 53.0. The number of carbonyl (C=O) groups excluding carboxylic acids is 3. The number of carbonyl (C=O) groups is 3. The Morgan fingerprint density at radius 1 is 0.946 bits per heavy atom. The van der Waals surface area contributed by atoms with Crippen LogP contribution in [0.4, 0.5) is 16.3 Å². The molecule has 15 heteroatoms. The molecule has 294 valence electrons. The highest BCUT2D eigenvalue weighted by Gasteiger charge is 2.30. The zero-order chi connectivity index (χ0) is 37.9. The van der Waals surface area contributed by atoms with Crippen LogP contribution in [0.1, 0.15) is 79.8 Å². The highest BCUT2D eigenvalue weighted by atomic mass is 35.5. The average Bonchev–Trinajstić information content (AvgIpc) is 3.64. The number of urea groups is 1. The second-order valence-corrected chi connectivity index (χ2v) is 15.7. The van der Waals surface area contributed by atoms with E-state index >= 15 is 0 Å². The van der Waals surface area contributed by atoms with Gasteiger partial charge in [0, 0.05) is 81.6 Å². The topological polar surface area (TPSA) is 149 Å². The molecule has 0 unspecified atom stereocenters. The number of rotatable bonds is 9. The van der Waals surface area contributed by atoms with Crippen LogP contribution in [0.2, 0.25) is 5.02 Å². The predicted molar refractivity (Wildman–Crippen MR) is 217 cm³/mol. The number of ether oxygens (including phenoxy) is 1. The number of fused-ring (bicyclic) bond motifs is 1. The van der Waals surface area contributed by atoms with Crippen LogP contribution in [0.25, 0.3) is 10.9 Å². The molecular weight excluding hydrogens is 753 g/mol. The number of halogens is 2. The maximum atomic E-state index is 13.1. The van der Waals surface area contributed by atoms with Gasteiger partial charge in [-0.15, -0.1) is 12.4 Å². The standard InChI is InChI=1S/C41H46ClN9O4.ClH/c42-35-21-33(5-1-28(35)22-43)55-32-6-3-30(4-7-32)46-40(53)29-2-8-38(45-23-29)49-17-9-27(10-18-49)26-48-15-11-31(12-16-48)50-19-13-34-36(50)24-44-25-37(34)51-20-14-39(52)47-41(51)54;/h1-2,5,8,13,19,21,23-25,27,30-32H,3-4,6-7,9-12,14-18,20,26H2,(H,46,53)(H,47,52,54);1H. The first-order chi connectivity index (χ1) is 26.8. The number of anilines is 2. The minimum absolute atomic E-state index is 0. The van der Waals surface area contributed by atoms with Crippen molar-refractivity contribution < 1.29 is 19.1 Å². The summed E-state index contributed by atoms with van der Waals surface area (Å²) in [5.41, 5.74) is 2.77. The van der Waals surface area contributed by atoms with Crippen molar-refractivity contribution in [2.75, 3.05) is 49.1 Å². The van der Waals surface area contributed by atoms with Crippen molar-refractivity contribution in [3.63, 3.8) is 0 Å². The number of nitrogens with zero attached hydrogens (tertiary/aromatic N) is 7. The lowest BCUT2D eigenvalue weighted by molar-refractivity contribution is -0.120. The molecule has 1 saturated carbocycles. The highest BCUT2D eigenvalue weighted by Crippen LogP contribution is 2.34. The Morgan fingerprint density at radius 3 is 2.43 bits per heavy atom. The molecule has 3 aromatic heterocycles. The number of piperidine rings is 2. The second-order valence-electron chi connectivity index (χ2n) is 15.3. The van der Waals surface area contributed by atoms with Crippen LogP contribution in [0.5, 0.6) is 5.75 Å². The lowest BCUT2D eigenvalue weighted by Gasteiger charge is -2.38. The molecule has 56 heavy (non-hydrogen) atoms. The zero-order valence-corrected chi connectivity index (χ0v) is 32.8. The fourth-order valence-corrected chi connectivity index (χ4v) is 8.84. The van der Waals surface area contributed by atoms with Crippen LogP contribution in [-0.2, 0) is 4.79 Å². The molecule has 4 fully saturated rings. The third-order valence-electron chi connectivity index (χ3n) is 11.8. The normalized spacial score (nSPS) is 21.3. The Balaban J connectivity index is 0.00000480. The van der Waals surface area contributed by atoms with Gasteiger partial charge >= 0.3 is 6.03 Å². The van der Waals surface area contributed by atoms with E-state index in [0.717, 1.165) is 106 Å². The summed E-state index contributed by atoms with van der Waals surface area (Å²) in [6.45, 7) is 5.45. The van der Waals surface area contributed by atoms with Crippen LogP contribution >= 0.6 is 24.0 Å². The van der Waals surface area contributed by atoms with Crippen molar-refractivity contribution in [2.24, 2.45) is 5.92 Å². The summed E-state index contributed by atoms with van der Waals surface area (Å²) in [5.74, 6) is 1.88. The first kappa shape index (κ1) is 39.3. The van der Waals surface area contributed by atoms with Gasteiger partial charge in [-0.05, 0) is 87.6 Å². The molecule has 0 radical (unpaired) electrons. The van der Waals surface area contributed by atoms with Gasteiger partial charge in [-0.25, -0.2) is 9.78 Å². The van der Waals surface area contributed by atoms with Crippen molar-refractivity contribution >= 4 is 64.3 Å². The molecule has 1 aliphatic carbocycles. The largest absolute Gasteiger partial charge is 0.490 e. The van der Waals surface area contributed by atoms with Crippen molar-refractivity contribution in [2.45, 2.75) is 76.0 Å². The first-order valence-corrected chi connectivity index (χ1v) is 19.9. The van der Waals surface area contributed by atoms with Gasteiger partial charge in [0.2, 0.25) is 5.91 Å². The molecule has 13 nitrogen and oxygen atoms in total. The fraction of sp³-hybridized carbons (Fsp3) is 0.463. The smallest absolute Gasteiger partial charge is 0.328 e. The van der Waals surface area contributed by atoms with Crippen molar-refractivity contribution in [3.05, 3.63) is 77.3 Å². The molecule has 1 aromatic carbocycles. The Hall–Kier alpha value is -4.90. The monoisotopic (exact) mass is 799 g/mol. The number of pyridine rings is 2. The van der Waals surface area contributed by atoms with Gasteiger partial charge in [0.15, 0.2) is 0 Å². The van der Waals surface area contributed by atoms with Gasteiger partial charge in [0.25, 0.3) is 5.91 Å². The van der Waals surface area contributed by atoms with Gasteiger partial charge in [0.05, 0.1) is 45.9 Å². The molecule has 0 bridgehead atoms. The molecule has 4 aliphatic rings. The first-order valence-electron chi connectivity index (χ1n) is 19.5. The summed E-state index contributed by atoms with van der Waals surface area (Å²) in [7, 11) is 0. The molecule has 0 atom stereocenters. The molecule has 3 aliphatic heterocycles. The average molecular weight is 801 g/mol. The molecule has 3 saturated heterocycles. The van der Waals surface area contributed by atoms with Crippen LogP contribution in [0, 0.1) is 17.2 Å². The summed E-state index contributed by atoms with van der Waals surface area (Å²) in [5, 5.41) is 16.1. The zero-order valence-electron chi connectivity index (χ0n) is 31.2. The van der Waals surface area contributed by atoms with Crippen molar-refractivity contribution in [1.29, 1.82) is 5.26 Å². The van der Waals surface area contributed by atoms with Crippen LogP contribution < -0.4 is 25.2 Å². The minimum Gasteiger partial charge on any atom is -0.490 e. The molecule has 4 aromatic rings. The molecule has 2 N–H and O–H groups in total. The third-order valence-corrected chi connectivity index (χ3v) is 12.1. The second kappa shape index (κ2) is 17.5. The Morgan fingerprint density at radius 2 is 1.73 bits per heavy atom. The van der Waals surface area contributed by atoms with E-state index in [1.165, 1.54) is 0 Å². The van der Waals surface area contributed by atoms with Crippen molar-refractivity contribution in [1.82, 2.24) is 30.1 Å². The van der Waals surface area contributed by atoms with Crippen LogP contribution in [0.15, 0.2) is 61.2 Å². The Labute approximate surface area is 337 Å². The van der Waals surface area contributed by atoms with Gasteiger partial charge in [0.1, 0.15) is 17.6 Å². The van der Waals surface area contributed by atoms with Gasteiger partial charge in [-0.3, -0.25) is 24.8 Å². The number of amides is 4. The minimum atomic E-state index is -0.390. The Kier molecular flexibility index (Phi) is 12.3. The summed E-state index contributed by atoms with van der Waals surface area (Å²) < 4.78 is 8.41. The molecule has 0 spiro atoms. The Bertz CT molecular complexity index is 2080. The highest BCUT2D eigenvalue weighted by molar-refractivity contribution is 6.31. The molecule has 4 amide bonds. The SMILES string of the molecule is Cl.N#Cc1ccc(OC2CCC(NC(=O)c3ccc(N4CCC(CN5CCC(n6ccc7c(N8CCC(=O)NC8=O)cncc76)CC5)CC4)nc3)CC2)cc1Cl. The van der Waals surface area contributed by atoms with E-state index in [-0.39, 0.29) is 42.8 Å². The summed E-state index contributed by atoms with van der Waals surface area (Å²) in [6, 6.07) is 13.2. The number of aromatic nitrogens is 3. The number of benzene rings is 1. The maximum absolute atomic E-state index is 13.1. The predicted octanol–water partition coefficient (Wildman–Crippen LogP) is 6.50. The summed E-state index contributed by atoms with van der Waals surface area (Å²) >= 11 is 6.15. The van der Waals surface area contributed by atoms with Gasteiger partial charge in [-0.2, -0.15) is 5.26 Å². The van der Waals surface area contributed by atoms with E-state index in [4.69, 9.17) is 21.6 Å². The maximum Gasteiger partial charge on any atom is 0.328 e. The molecule has 8 rings (SSSR count). The van der Waals surface area contributed by atoms with E-state index < -0.39 is 6.03 Å². The number of likely N-dealkylation sites (tertiary alicyclic amines) is 1.